The number of halogens is 3. The molecule has 0 aliphatic carbocycles. The third-order valence-electron chi connectivity index (χ3n) is 3.22. The van der Waals surface area contributed by atoms with Gasteiger partial charge in [-0.25, -0.2) is 4.99 Å². The minimum Gasteiger partial charge on any atom is -0.497 e. The van der Waals surface area contributed by atoms with Crippen molar-refractivity contribution in [3.05, 3.63) is 47.7 Å². The van der Waals surface area contributed by atoms with Gasteiger partial charge in [0.25, 0.3) is 0 Å². The number of benzene rings is 1. The molecule has 0 bridgehead atoms. The molecular formula is C15H18F3N3O. The second-order valence-electron chi connectivity index (χ2n) is 4.99. The van der Waals surface area contributed by atoms with Crippen LogP contribution in [-0.4, -0.2) is 18.6 Å². The van der Waals surface area contributed by atoms with Gasteiger partial charge in [0.2, 0.25) is 0 Å². The van der Waals surface area contributed by atoms with Gasteiger partial charge in [-0.15, -0.1) is 0 Å². The molecule has 1 aromatic rings. The summed E-state index contributed by atoms with van der Waals surface area (Å²) in [5.74, 6) is 0.190. The summed E-state index contributed by atoms with van der Waals surface area (Å²) >= 11 is 0. The molecular weight excluding hydrogens is 295 g/mol. The largest absolute Gasteiger partial charge is 0.497 e. The van der Waals surface area contributed by atoms with Gasteiger partial charge in [-0.05, 0) is 36.6 Å². The van der Waals surface area contributed by atoms with E-state index in [1.807, 2.05) is 6.08 Å². The fourth-order valence-electron chi connectivity index (χ4n) is 2.03. The van der Waals surface area contributed by atoms with Crippen LogP contribution in [0.5, 0.6) is 0 Å². The van der Waals surface area contributed by atoms with E-state index in [0.717, 1.165) is 25.0 Å². The Balaban J connectivity index is 1.86. The molecule has 0 amide bonds. The Bertz CT molecular complexity index is 555. The third-order valence-corrected chi connectivity index (χ3v) is 3.22. The molecule has 120 valence electrons. The smallest absolute Gasteiger partial charge is 0.416 e. The molecule has 1 aromatic carbocycles. The Hall–Kier alpha value is -2.18. The molecule has 1 heterocycles. The van der Waals surface area contributed by atoms with Crippen molar-refractivity contribution in [3.63, 3.8) is 0 Å². The van der Waals surface area contributed by atoms with Crippen molar-refractivity contribution in [2.75, 3.05) is 6.54 Å². The van der Waals surface area contributed by atoms with Gasteiger partial charge in [-0.1, -0.05) is 12.1 Å². The lowest BCUT2D eigenvalue weighted by atomic mass is 10.1. The first-order valence-corrected chi connectivity index (χ1v) is 6.95. The van der Waals surface area contributed by atoms with Crippen molar-refractivity contribution in [1.29, 1.82) is 0 Å². The van der Waals surface area contributed by atoms with E-state index in [2.05, 4.69) is 10.3 Å². The molecule has 3 N–H and O–H groups in total. The van der Waals surface area contributed by atoms with E-state index in [1.165, 1.54) is 6.07 Å². The van der Waals surface area contributed by atoms with E-state index in [0.29, 0.717) is 12.1 Å². The first-order chi connectivity index (χ1) is 10.4. The van der Waals surface area contributed by atoms with Crippen LogP contribution in [0.15, 0.2) is 41.6 Å². The van der Waals surface area contributed by atoms with E-state index < -0.39 is 11.7 Å². The molecule has 0 fully saturated rings. The van der Waals surface area contributed by atoms with Crippen LogP contribution >= 0.6 is 0 Å². The van der Waals surface area contributed by atoms with Crippen molar-refractivity contribution in [2.45, 2.75) is 31.7 Å². The van der Waals surface area contributed by atoms with Gasteiger partial charge >= 0.3 is 6.18 Å². The molecule has 1 aliphatic rings. The molecule has 1 atom stereocenters. The van der Waals surface area contributed by atoms with Gasteiger partial charge < -0.3 is 15.8 Å². The molecule has 0 aromatic heterocycles. The molecule has 0 saturated carbocycles. The Labute approximate surface area is 126 Å². The lowest BCUT2D eigenvalue weighted by Crippen LogP contribution is -2.38. The third kappa shape index (κ3) is 4.98. The van der Waals surface area contributed by atoms with Crippen molar-refractivity contribution < 1.29 is 17.9 Å². The van der Waals surface area contributed by atoms with Gasteiger partial charge in [0, 0.05) is 0 Å². The van der Waals surface area contributed by atoms with Gasteiger partial charge in [0.05, 0.1) is 24.9 Å². The number of allylic oxidation sites excluding steroid dienone is 1. The topological polar surface area (TPSA) is 59.6 Å². The van der Waals surface area contributed by atoms with Crippen LogP contribution in [0, 0.1) is 0 Å². The fraction of sp³-hybridized carbons (Fsp3) is 0.400. The van der Waals surface area contributed by atoms with Crippen LogP contribution in [0.4, 0.5) is 13.2 Å². The molecule has 0 saturated heterocycles. The summed E-state index contributed by atoms with van der Waals surface area (Å²) in [6.45, 7) is 0.608. The van der Waals surface area contributed by atoms with Crippen LogP contribution in [0.3, 0.4) is 0 Å². The van der Waals surface area contributed by atoms with Gasteiger partial charge in [0.1, 0.15) is 6.10 Å². The Kier molecular flexibility index (Phi) is 5.30. The molecule has 1 unspecified atom stereocenters. The quantitative estimate of drug-likeness (QED) is 0.664. The number of guanidine groups is 1. The minimum atomic E-state index is -4.35. The van der Waals surface area contributed by atoms with Gasteiger partial charge in [-0.2, -0.15) is 13.2 Å². The zero-order valence-corrected chi connectivity index (χ0v) is 11.9. The number of nitrogens with two attached hydrogens (primary N) is 1. The average molecular weight is 313 g/mol. The van der Waals surface area contributed by atoms with Crippen molar-refractivity contribution in [1.82, 2.24) is 5.32 Å². The second kappa shape index (κ2) is 7.20. The van der Waals surface area contributed by atoms with Crippen LogP contribution in [0.2, 0.25) is 0 Å². The van der Waals surface area contributed by atoms with E-state index in [-0.39, 0.29) is 18.6 Å². The standard InChI is InChI=1S/C15H18F3N3O/c16-15(17,18)12-5-3-4-11(8-12)9-20-14(19)21-10-13-6-1-2-7-22-13/h2-5,7-8,13H,1,6,9-10H2,(H3,19,20,21). The summed E-state index contributed by atoms with van der Waals surface area (Å²) in [6.07, 6.45) is 1.13. The van der Waals surface area contributed by atoms with E-state index in [1.54, 1.807) is 12.3 Å². The summed E-state index contributed by atoms with van der Waals surface area (Å²) in [6, 6.07) is 5.05. The molecule has 1 aliphatic heterocycles. The highest BCUT2D eigenvalue weighted by molar-refractivity contribution is 5.77. The van der Waals surface area contributed by atoms with Crippen LogP contribution < -0.4 is 11.1 Å². The number of alkyl halides is 3. The monoisotopic (exact) mass is 313 g/mol. The van der Waals surface area contributed by atoms with E-state index in [4.69, 9.17) is 10.5 Å². The summed E-state index contributed by atoms with van der Waals surface area (Å²) < 4.78 is 43.2. The number of rotatable bonds is 4. The molecule has 22 heavy (non-hydrogen) atoms. The fourth-order valence-corrected chi connectivity index (χ4v) is 2.03. The number of aliphatic imine (C=N–C) groups is 1. The number of hydrogen-bond donors (Lipinski definition) is 2. The second-order valence-corrected chi connectivity index (χ2v) is 4.99. The highest BCUT2D eigenvalue weighted by Gasteiger charge is 2.30. The minimum absolute atomic E-state index is 0.0345. The highest BCUT2D eigenvalue weighted by atomic mass is 19.4. The number of ether oxygens (including phenoxy) is 1. The summed E-state index contributed by atoms with van der Waals surface area (Å²) in [5, 5.41) is 2.91. The molecule has 7 heteroatoms. The Morgan fingerprint density at radius 3 is 2.91 bits per heavy atom. The number of nitrogens with zero attached hydrogens (tertiary/aromatic N) is 1. The van der Waals surface area contributed by atoms with Gasteiger partial charge in [0.15, 0.2) is 5.96 Å². The molecule has 2 rings (SSSR count). The maximum atomic E-state index is 12.6. The summed E-state index contributed by atoms with van der Waals surface area (Å²) in [5.41, 5.74) is 5.47. The van der Waals surface area contributed by atoms with Crippen molar-refractivity contribution in [2.24, 2.45) is 10.7 Å². The SMILES string of the molecule is NC(=NCc1cccc(C(F)(F)F)c1)NCC1CCC=CO1. The van der Waals surface area contributed by atoms with Crippen molar-refractivity contribution in [3.8, 4) is 0 Å². The number of nitrogens with one attached hydrogen (secondary N) is 1. The lowest BCUT2D eigenvalue weighted by Gasteiger charge is -2.19. The Morgan fingerprint density at radius 1 is 1.41 bits per heavy atom. The average Bonchev–Trinajstić information content (AvgIpc) is 2.51. The molecule has 4 nitrogen and oxygen atoms in total. The zero-order valence-electron chi connectivity index (χ0n) is 11.9. The van der Waals surface area contributed by atoms with Crippen LogP contribution in [-0.2, 0) is 17.5 Å². The Morgan fingerprint density at radius 2 is 2.23 bits per heavy atom. The first-order valence-electron chi connectivity index (χ1n) is 6.95. The van der Waals surface area contributed by atoms with Crippen LogP contribution in [0.25, 0.3) is 0 Å². The maximum Gasteiger partial charge on any atom is 0.416 e. The van der Waals surface area contributed by atoms with Crippen molar-refractivity contribution >= 4 is 5.96 Å². The zero-order chi connectivity index (χ0) is 16.0. The summed E-state index contributed by atoms with van der Waals surface area (Å²) in [4.78, 5) is 4.04. The maximum absolute atomic E-state index is 12.6. The van der Waals surface area contributed by atoms with Crippen LogP contribution in [0.1, 0.15) is 24.0 Å². The summed E-state index contributed by atoms with van der Waals surface area (Å²) in [7, 11) is 0. The molecule has 0 spiro atoms. The normalized spacial score (nSPS) is 18.9. The van der Waals surface area contributed by atoms with E-state index >= 15 is 0 Å². The first kappa shape index (κ1) is 16.2. The number of hydrogen-bond acceptors (Lipinski definition) is 2. The lowest BCUT2D eigenvalue weighted by molar-refractivity contribution is -0.137. The molecule has 0 radical (unpaired) electrons. The van der Waals surface area contributed by atoms with E-state index in [9.17, 15) is 13.2 Å². The van der Waals surface area contributed by atoms with Gasteiger partial charge in [-0.3, -0.25) is 0 Å². The predicted molar refractivity (Wildman–Crippen MR) is 78.0 cm³/mol. The predicted octanol–water partition coefficient (Wildman–Crippen LogP) is 2.80. The highest BCUT2D eigenvalue weighted by Crippen LogP contribution is 2.29.